The number of amides is 2. The summed E-state index contributed by atoms with van der Waals surface area (Å²) in [7, 11) is -4.17. The molecule has 3 aromatic carbocycles. The maximum atomic E-state index is 14.0. The summed E-state index contributed by atoms with van der Waals surface area (Å²) >= 11 is 6.45. The van der Waals surface area contributed by atoms with Gasteiger partial charge in [0.25, 0.3) is 10.0 Å². The minimum absolute atomic E-state index is 0.0390. The molecule has 0 unspecified atom stereocenters. The van der Waals surface area contributed by atoms with E-state index < -0.39 is 28.5 Å². The number of benzene rings is 3. The van der Waals surface area contributed by atoms with E-state index in [4.69, 9.17) is 11.6 Å². The molecule has 0 saturated carbocycles. The Morgan fingerprint density at radius 2 is 1.54 bits per heavy atom. The summed E-state index contributed by atoms with van der Waals surface area (Å²) in [5.41, 5.74) is 1.92. The summed E-state index contributed by atoms with van der Waals surface area (Å²) < 4.78 is 28.8. The van der Waals surface area contributed by atoms with Gasteiger partial charge in [-0.15, -0.1) is 0 Å². The smallest absolute Gasteiger partial charge is 0.264 e. The fourth-order valence-corrected chi connectivity index (χ4v) is 5.85. The van der Waals surface area contributed by atoms with Crippen molar-refractivity contribution in [2.75, 3.05) is 17.4 Å². The molecule has 0 radical (unpaired) electrons. The van der Waals surface area contributed by atoms with E-state index in [2.05, 4.69) is 5.32 Å². The third kappa shape index (κ3) is 7.83. The topological polar surface area (TPSA) is 86.8 Å². The lowest BCUT2D eigenvalue weighted by molar-refractivity contribution is -0.140. The minimum Gasteiger partial charge on any atom is -0.354 e. The highest BCUT2D eigenvalue weighted by Gasteiger charge is 2.34. The SMILES string of the molecule is CC[C@H](C(=O)NCC(C)C)N(Cc1ccccc1)C(=O)CN(c1ccccc1Cl)S(=O)(=O)c1ccc(C)cc1. The van der Waals surface area contributed by atoms with Crippen molar-refractivity contribution in [2.45, 2.75) is 51.6 Å². The molecular formula is C30H36ClN3O4S. The molecule has 0 heterocycles. The lowest BCUT2D eigenvalue weighted by Crippen LogP contribution is -2.52. The zero-order valence-corrected chi connectivity index (χ0v) is 24.4. The molecule has 0 aliphatic carbocycles. The van der Waals surface area contributed by atoms with Crippen molar-refractivity contribution >= 4 is 39.1 Å². The predicted octanol–water partition coefficient (Wildman–Crippen LogP) is 5.42. The van der Waals surface area contributed by atoms with E-state index >= 15 is 0 Å². The van der Waals surface area contributed by atoms with Gasteiger partial charge in [-0.25, -0.2) is 8.42 Å². The zero-order chi connectivity index (χ0) is 28.6. The van der Waals surface area contributed by atoms with E-state index in [1.807, 2.05) is 58.0 Å². The molecule has 1 atom stereocenters. The summed E-state index contributed by atoms with van der Waals surface area (Å²) in [5.74, 6) is -0.553. The Kier molecular flexibility index (Phi) is 10.5. The summed E-state index contributed by atoms with van der Waals surface area (Å²) in [5, 5.41) is 3.12. The highest BCUT2D eigenvalue weighted by molar-refractivity contribution is 7.92. The van der Waals surface area contributed by atoms with Crippen molar-refractivity contribution in [3.05, 3.63) is 95.0 Å². The second-order valence-corrected chi connectivity index (χ2v) is 12.1. The molecule has 0 bridgehead atoms. The van der Waals surface area contributed by atoms with E-state index in [1.165, 1.54) is 17.0 Å². The van der Waals surface area contributed by atoms with Crippen LogP contribution in [0.5, 0.6) is 0 Å². The highest BCUT2D eigenvalue weighted by atomic mass is 35.5. The second-order valence-electron chi connectivity index (χ2n) is 9.85. The van der Waals surface area contributed by atoms with Crippen LogP contribution >= 0.6 is 11.6 Å². The number of aryl methyl sites for hydroxylation is 1. The molecule has 0 fully saturated rings. The molecule has 0 aromatic heterocycles. The van der Waals surface area contributed by atoms with Gasteiger partial charge >= 0.3 is 0 Å². The van der Waals surface area contributed by atoms with Crippen molar-refractivity contribution in [3.8, 4) is 0 Å². The average molecular weight is 570 g/mol. The fraction of sp³-hybridized carbons (Fsp3) is 0.333. The summed E-state index contributed by atoms with van der Waals surface area (Å²) in [6, 6.07) is 21.5. The monoisotopic (exact) mass is 569 g/mol. The van der Waals surface area contributed by atoms with Gasteiger partial charge in [0.05, 0.1) is 15.6 Å². The van der Waals surface area contributed by atoms with Gasteiger partial charge in [-0.3, -0.25) is 13.9 Å². The first-order chi connectivity index (χ1) is 18.5. The summed E-state index contributed by atoms with van der Waals surface area (Å²) in [4.78, 5) is 28.7. The number of carbonyl (C=O) groups is 2. The quantitative estimate of drug-likeness (QED) is 0.315. The van der Waals surface area contributed by atoms with Crippen LogP contribution < -0.4 is 9.62 Å². The number of carbonyl (C=O) groups excluding carboxylic acids is 2. The second kappa shape index (κ2) is 13.6. The van der Waals surface area contributed by atoms with Gasteiger partial charge in [0, 0.05) is 13.1 Å². The van der Waals surface area contributed by atoms with Crippen LogP contribution in [0.4, 0.5) is 5.69 Å². The summed E-state index contributed by atoms with van der Waals surface area (Å²) in [6.07, 6.45) is 0.360. The lowest BCUT2D eigenvalue weighted by atomic mass is 10.1. The molecule has 3 aromatic rings. The first-order valence-electron chi connectivity index (χ1n) is 13.0. The molecule has 2 amide bonds. The van der Waals surface area contributed by atoms with E-state index in [9.17, 15) is 18.0 Å². The molecular weight excluding hydrogens is 534 g/mol. The van der Waals surface area contributed by atoms with Crippen LogP contribution in [0.25, 0.3) is 0 Å². The Balaban J connectivity index is 2.04. The number of nitrogens with zero attached hydrogens (tertiary/aromatic N) is 2. The Morgan fingerprint density at radius 1 is 0.923 bits per heavy atom. The van der Waals surface area contributed by atoms with Crippen molar-refractivity contribution in [1.82, 2.24) is 10.2 Å². The highest BCUT2D eigenvalue weighted by Crippen LogP contribution is 2.31. The Bertz CT molecular complexity index is 1360. The van der Waals surface area contributed by atoms with Crippen LogP contribution in [0.1, 0.15) is 38.3 Å². The van der Waals surface area contributed by atoms with E-state index in [-0.39, 0.29) is 34.0 Å². The van der Waals surface area contributed by atoms with Gasteiger partial charge in [0.15, 0.2) is 0 Å². The Morgan fingerprint density at radius 3 is 2.13 bits per heavy atom. The number of rotatable bonds is 12. The maximum absolute atomic E-state index is 14.0. The van der Waals surface area contributed by atoms with E-state index in [1.54, 1.807) is 36.4 Å². The molecule has 0 aliphatic rings. The van der Waals surface area contributed by atoms with Crippen LogP contribution in [0.2, 0.25) is 5.02 Å². The van der Waals surface area contributed by atoms with Gasteiger partial charge in [0.2, 0.25) is 11.8 Å². The molecule has 0 spiro atoms. The molecule has 9 heteroatoms. The molecule has 0 aliphatic heterocycles. The van der Waals surface area contributed by atoms with Crippen LogP contribution in [-0.4, -0.2) is 44.3 Å². The fourth-order valence-electron chi connectivity index (χ4n) is 4.13. The van der Waals surface area contributed by atoms with E-state index in [0.29, 0.717) is 13.0 Å². The number of anilines is 1. The van der Waals surface area contributed by atoms with Crippen molar-refractivity contribution in [3.63, 3.8) is 0 Å². The zero-order valence-electron chi connectivity index (χ0n) is 22.8. The standard InChI is InChI=1S/C30H36ClN3O4S/c1-5-27(30(36)32-19-22(2)3)33(20-24-11-7-6-8-12-24)29(35)21-34(28-14-10-9-13-26(28)31)39(37,38)25-17-15-23(4)16-18-25/h6-18,22,27H,5,19-21H2,1-4H3,(H,32,36)/t27-/m1/s1. The predicted molar refractivity (Wildman–Crippen MR) is 156 cm³/mol. The largest absolute Gasteiger partial charge is 0.354 e. The molecule has 39 heavy (non-hydrogen) atoms. The van der Waals surface area contributed by atoms with Crippen molar-refractivity contribution in [1.29, 1.82) is 0 Å². The van der Waals surface area contributed by atoms with Gasteiger partial charge in [-0.05, 0) is 49.1 Å². The van der Waals surface area contributed by atoms with E-state index in [0.717, 1.165) is 15.4 Å². The Labute approximate surface area is 236 Å². The van der Waals surface area contributed by atoms with Gasteiger partial charge in [0.1, 0.15) is 12.6 Å². The molecule has 0 saturated heterocycles. The van der Waals surface area contributed by atoms with Crippen LogP contribution in [0.3, 0.4) is 0 Å². The molecule has 3 rings (SSSR count). The summed E-state index contributed by atoms with van der Waals surface area (Å²) in [6.45, 7) is 7.77. The van der Waals surface area contributed by atoms with Crippen LogP contribution in [0.15, 0.2) is 83.8 Å². The third-order valence-corrected chi connectivity index (χ3v) is 8.37. The maximum Gasteiger partial charge on any atom is 0.264 e. The number of halogens is 1. The Hall–Kier alpha value is -3.36. The van der Waals surface area contributed by atoms with Gasteiger partial charge in [-0.1, -0.05) is 92.5 Å². The number of nitrogens with one attached hydrogen (secondary N) is 1. The van der Waals surface area contributed by atoms with Crippen molar-refractivity contribution < 1.29 is 18.0 Å². The third-order valence-electron chi connectivity index (χ3n) is 6.28. The first kappa shape index (κ1) is 30.2. The minimum atomic E-state index is -4.17. The number of hydrogen-bond donors (Lipinski definition) is 1. The molecule has 208 valence electrons. The molecule has 7 nitrogen and oxygen atoms in total. The molecule has 1 N–H and O–H groups in total. The first-order valence-corrected chi connectivity index (χ1v) is 14.8. The lowest BCUT2D eigenvalue weighted by Gasteiger charge is -2.33. The van der Waals surface area contributed by atoms with Gasteiger partial charge in [-0.2, -0.15) is 0 Å². The number of hydrogen-bond acceptors (Lipinski definition) is 4. The normalized spacial score (nSPS) is 12.2. The van der Waals surface area contributed by atoms with Crippen LogP contribution in [0, 0.1) is 12.8 Å². The van der Waals surface area contributed by atoms with Crippen molar-refractivity contribution in [2.24, 2.45) is 5.92 Å². The van der Waals surface area contributed by atoms with Crippen LogP contribution in [-0.2, 0) is 26.2 Å². The van der Waals surface area contributed by atoms with Gasteiger partial charge < -0.3 is 10.2 Å². The number of para-hydroxylation sites is 1. The number of sulfonamides is 1. The average Bonchev–Trinajstić information content (AvgIpc) is 2.91.